The maximum atomic E-state index is 10.6. The van der Waals surface area contributed by atoms with E-state index in [-0.39, 0.29) is 11.1 Å². The van der Waals surface area contributed by atoms with Crippen LogP contribution >= 0.6 is 0 Å². The van der Waals surface area contributed by atoms with E-state index >= 15 is 0 Å². The second kappa shape index (κ2) is 4.71. The van der Waals surface area contributed by atoms with Gasteiger partial charge in [0.2, 0.25) is 0 Å². The molecule has 0 aliphatic carbocycles. The van der Waals surface area contributed by atoms with Crippen LogP contribution in [0.3, 0.4) is 0 Å². The first kappa shape index (κ1) is 11.9. The maximum absolute atomic E-state index is 10.6. The van der Waals surface area contributed by atoms with E-state index < -0.39 is 11.9 Å². The van der Waals surface area contributed by atoms with Crippen LogP contribution in [0.2, 0.25) is 0 Å². The van der Waals surface area contributed by atoms with Gasteiger partial charge in [-0.15, -0.1) is 0 Å². The summed E-state index contributed by atoms with van der Waals surface area (Å²) in [5.74, 6) is -2.46. The Bertz CT molecular complexity index is 527. The molecule has 0 amide bonds. The third-order valence-corrected chi connectivity index (χ3v) is 2.57. The predicted octanol–water partition coefficient (Wildman–Crippen LogP) is 0.0806. The van der Waals surface area contributed by atoms with E-state index in [0.29, 0.717) is 0 Å². The first-order valence-corrected chi connectivity index (χ1v) is 5.21. The molecule has 0 atom stereocenters. The molecule has 0 aliphatic heterocycles. The highest BCUT2D eigenvalue weighted by molar-refractivity contribution is 5.88. The molecule has 0 aromatic heterocycles. The van der Waals surface area contributed by atoms with Gasteiger partial charge in [0, 0.05) is 0 Å². The van der Waals surface area contributed by atoms with Crippen molar-refractivity contribution >= 4 is 11.9 Å². The van der Waals surface area contributed by atoms with Crippen molar-refractivity contribution < 1.29 is 19.8 Å². The number of aromatic carboxylic acids is 2. The zero-order chi connectivity index (χ0) is 13.1. The van der Waals surface area contributed by atoms with Crippen molar-refractivity contribution in [2.24, 2.45) is 0 Å². The summed E-state index contributed by atoms with van der Waals surface area (Å²) in [5.41, 5.74) is 1.80. The molecule has 0 bridgehead atoms. The Morgan fingerprint density at radius 1 is 0.611 bits per heavy atom. The summed E-state index contributed by atoms with van der Waals surface area (Å²) in [4.78, 5) is 21.2. The first-order valence-electron chi connectivity index (χ1n) is 5.21. The van der Waals surface area contributed by atoms with Crippen molar-refractivity contribution in [3.63, 3.8) is 0 Å². The number of hydrogen-bond donors (Lipinski definition) is 0. The minimum absolute atomic E-state index is 0.102. The Hall–Kier alpha value is -2.62. The molecule has 0 heterocycles. The lowest BCUT2D eigenvalue weighted by Gasteiger charge is -2.07. The van der Waals surface area contributed by atoms with E-state index in [1.807, 2.05) is 0 Å². The van der Waals surface area contributed by atoms with Gasteiger partial charge in [0.15, 0.2) is 0 Å². The quantitative estimate of drug-likeness (QED) is 0.761. The van der Waals surface area contributed by atoms with E-state index in [2.05, 4.69) is 0 Å². The summed E-state index contributed by atoms with van der Waals surface area (Å²) in [7, 11) is 0. The Kier molecular flexibility index (Phi) is 3.10. The van der Waals surface area contributed by atoms with E-state index in [0.717, 1.165) is 11.1 Å². The molecule has 0 spiro atoms. The minimum atomic E-state index is -1.23. The van der Waals surface area contributed by atoms with Gasteiger partial charge in [0.05, 0.1) is 11.9 Å². The summed E-state index contributed by atoms with van der Waals surface area (Å²) in [6.07, 6.45) is 0. The predicted molar refractivity (Wildman–Crippen MR) is 60.5 cm³/mol. The van der Waals surface area contributed by atoms with Gasteiger partial charge in [-0.25, -0.2) is 0 Å². The van der Waals surface area contributed by atoms with Crippen LogP contribution in [0.5, 0.6) is 0 Å². The fourth-order valence-corrected chi connectivity index (χ4v) is 1.60. The van der Waals surface area contributed by atoms with Crippen molar-refractivity contribution in [2.75, 3.05) is 0 Å². The molecule has 0 unspecified atom stereocenters. The second-order valence-corrected chi connectivity index (χ2v) is 3.73. The van der Waals surface area contributed by atoms with Crippen LogP contribution in [-0.4, -0.2) is 11.9 Å². The number of carboxylic acids is 2. The molecule has 2 aromatic rings. The van der Waals surface area contributed by atoms with Gasteiger partial charge in [-0.1, -0.05) is 48.5 Å². The number of rotatable bonds is 3. The molecular formula is C14H8O4-2. The zero-order valence-electron chi connectivity index (χ0n) is 9.25. The van der Waals surface area contributed by atoms with Crippen LogP contribution in [-0.2, 0) is 0 Å². The molecule has 18 heavy (non-hydrogen) atoms. The Morgan fingerprint density at radius 3 is 1.11 bits per heavy atom. The van der Waals surface area contributed by atoms with Crippen LogP contribution in [0.1, 0.15) is 20.7 Å². The van der Waals surface area contributed by atoms with Gasteiger partial charge >= 0.3 is 0 Å². The Balaban J connectivity index is 2.31. The van der Waals surface area contributed by atoms with Crippen molar-refractivity contribution in [1.29, 1.82) is 0 Å². The third kappa shape index (κ3) is 2.38. The summed E-state index contributed by atoms with van der Waals surface area (Å²) in [6.45, 7) is 0. The molecule has 0 saturated carbocycles. The lowest BCUT2D eigenvalue weighted by Crippen LogP contribution is -2.22. The van der Waals surface area contributed by atoms with Crippen molar-refractivity contribution in [3.05, 3.63) is 59.7 Å². The molecule has 0 N–H and O–H groups in total. The second-order valence-electron chi connectivity index (χ2n) is 3.73. The first-order chi connectivity index (χ1) is 8.58. The molecule has 0 fully saturated rings. The van der Waals surface area contributed by atoms with Gasteiger partial charge in [-0.05, 0) is 22.3 Å². The fraction of sp³-hybridized carbons (Fsp3) is 0. The molecular weight excluding hydrogens is 232 g/mol. The molecule has 4 heteroatoms. The Labute approximate surface area is 103 Å². The van der Waals surface area contributed by atoms with Gasteiger partial charge in [0.25, 0.3) is 0 Å². The number of carboxylic acid groups (broad SMARTS) is 2. The molecule has 0 radical (unpaired) electrons. The standard InChI is InChI=1S/C14H10O4/c15-13(16)11-5-1-9(2-6-11)10-3-7-12(8-4-10)14(17)18/h1-8H,(H,15,16)(H,17,18)/p-2. The molecule has 2 aromatic carbocycles. The highest BCUT2D eigenvalue weighted by atomic mass is 16.4. The van der Waals surface area contributed by atoms with Gasteiger partial charge in [-0.2, -0.15) is 0 Å². The summed E-state index contributed by atoms with van der Waals surface area (Å²) in [6, 6.07) is 12.3. The largest absolute Gasteiger partial charge is 0.545 e. The van der Waals surface area contributed by atoms with Crippen molar-refractivity contribution in [2.45, 2.75) is 0 Å². The lowest BCUT2D eigenvalue weighted by atomic mass is 10.0. The molecule has 2 rings (SSSR count). The normalized spacial score (nSPS) is 10.0. The van der Waals surface area contributed by atoms with E-state index in [4.69, 9.17) is 0 Å². The minimum Gasteiger partial charge on any atom is -0.545 e. The highest BCUT2D eigenvalue weighted by Gasteiger charge is 1.99. The summed E-state index contributed by atoms with van der Waals surface area (Å²) in [5, 5.41) is 21.2. The van der Waals surface area contributed by atoms with Gasteiger partial charge < -0.3 is 19.8 Å². The van der Waals surface area contributed by atoms with E-state index in [1.54, 1.807) is 24.3 Å². The van der Waals surface area contributed by atoms with Crippen LogP contribution in [0.25, 0.3) is 11.1 Å². The molecule has 90 valence electrons. The van der Waals surface area contributed by atoms with Crippen LogP contribution < -0.4 is 10.2 Å². The smallest absolute Gasteiger partial charge is 0.0715 e. The molecule has 0 aliphatic rings. The van der Waals surface area contributed by atoms with Crippen molar-refractivity contribution in [3.8, 4) is 11.1 Å². The number of benzene rings is 2. The molecule has 0 saturated heterocycles. The Morgan fingerprint density at radius 2 is 0.889 bits per heavy atom. The van der Waals surface area contributed by atoms with Gasteiger partial charge in [0.1, 0.15) is 0 Å². The van der Waals surface area contributed by atoms with Crippen molar-refractivity contribution in [1.82, 2.24) is 0 Å². The SMILES string of the molecule is O=C([O-])c1ccc(-c2ccc(C(=O)[O-])cc2)cc1. The third-order valence-electron chi connectivity index (χ3n) is 2.57. The van der Waals surface area contributed by atoms with Crippen LogP contribution in [0.15, 0.2) is 48.5 Å². The average molecular weight is 240 g/mol. The topological polar surface area (TPSA) is 80.3 Å². The van der Waals surface area contributed by atoms with E-state index in [1.165, 1.54) is 24.3 Å². The van der Waals surface area contributed by atoms with E-state index in [9.17, 15) is 19.8 Å². The zero-order valence-corrected chi connectivity index (χ0v) is 9.25. The summed E-state index contributed by atoms with van der Waals surface area (Å²) < 4.78 is 0. The average Bonchev–Trinajstić information content (AvgIpc) is 2.39. The molecule has 4 nitrogen and oxygen atoms in total. The maximum Gasteiger partial charge on any atom is 0.0715 e. The summed E-state index contributed by atoms with van der Waals surface area (Å²) >= 11 is 0. The number of carbonyl (C=O) groups is 2. The van der Waals surface area contributed by atoms with Crippen LogP contribution in [0.4, 0.5) is 0 Å². The van der Waals surface area contributed by atoms with Crippen LogP contribution in [0, 0.1) is 0 Å². The lowest BCUT2D eigenvalue weighted by molar-refractivity contribution is -0.256. The van der Waals surface area contributed by atoms with Gasteiger partial charge in [-0.3, -0.25) is 0 Å². The fourth-order valence-electron chi connectivity index (χ4n) is 1.60. The highest BCUT2D eigenvalue weighted by Crippen LogP contribution is 2.20. The monoisotopic (exact) mass is 240 g/mol. The number of carbonyl (C=O) groups excluding carboxylic acids is 2. The number of hydrogen-bond acceptors (Lipinski definition) is 4.